The molecule has 1 aromatic rings. The maximum absolute atomic E-state index is 13.5. The van der Waals surface area contributed by atoms with Gasteiger partial charge in [-0.15, -0.1) is 0 Å². The minimum absolute atomic E-state index is 0.0663. The monoisotopic (exact) mass is 542 g/mol. The van der Waals surface area contributed by atoms with Crippen molar-refractivity contribution in [3.63, 3.8) is 0 Å². The van der Waals surface area contributed by atoms with Crippen molar-refractivity contribution in [1.82, 2.24) is 9.80 Å². The number of hydrogen-bond donors (Lipinski definition) is 1. The summed E-state index contributed by atoms with van der Waals surface area (Å²) < 4.78 is 6.77. The maximum Gasteiger partial charge on any atom is 0.410 e. The van der Waals surface area contributed by atoms with Gasteiger partial charge in [0.15, 0.2) is 0 Å². The fourth-order valence-electron chi connectivity index (χ4n) is 4.37. The number of ether oxygens (including phenoxy) is 1. The molecule has 2 aliphatic rings. The molecule has 2 unspecified atom stereocenters. The van der Waals surface area contributed by atoms with Crippen LogP contribution in [0.15, 0.2) is 39.8 Å². The Labute approximate surface area is 192 Å². The summed E-state index contributed by atoms with van der Waals surface area (Å²) in [6.07, 6.45) is 3.23. The van der Waals surface area contributed by atoms with Crippen LogP contribution in [-0.2, 0) is 20.7 Å². The molecule has 2 atom stereocenters. The van der Waals surface area contributed by atoms with E-state index in [0.717, 1.165) is 14.5 Å². The Kier molecular flexibility index (Phi) is 7.23. The van der Waals surface area contributed by atoms with E-state index >= 15 is 0 Å². The maximum atomic E-state index is 13.5. The number of hydrogen-bond acceptors (Lipinski definition) is 4. The van der Waals surface area contributed by atoms with Gasteiger partial charge >= 0.3 is 12.1 Å². The molecular formula is C21H24Br2N2O5. The van der Waals surface area contributed by atoms with Gasteiger partial charge in [-0.3, -0.25) is 9.69 Å². The SMILES string of the molecule is C=CCOC(=O)N1CCCC1C(=O)N1CCCC1(Cc1cc(Br)cc(Br)c1)C(=O)O. The van der Waals surface area contributed by atoms with Crippen molar-refractivity contribution in [2.45, 2.75) is 43.7 Å². The van der Waals surface area contributed by atoms with Gasteiger partial charge in [0, 0.05) is 28.5 Å². The predicted molar refractivity (Wildman–Crippen MR) is 118 cm³/mol. The zero-order chi connectivity index (χ0) is 21.9. The molecule has 0 spiro atoms. The van der Waals surface area contributed by atoms with Crippen LogP contribution in [-0.4, -0.2) is 64.2 Å². The predicted octanol–water partition coefficient (Wildman–Crippen LogP) is 3.99. The first-order valence-electron chi connectivity index (χ1n) is 9.82. The summed E-state index contributed by atoms with van der Waals surface area (Å²) in [5, 5.41) is 10.2. The number of halogens is 2. The lowest BCUT2D eigenvalue weighted by atomic mass is 9.87. The highest BCUT2D eigenvalue weighted by Gasteiger charge is 2.52. The van der Waals surface area contributed by atoms with Crippen LogP contribution >= 0.6 is 31.9 Å². The first-order chi connectivity index (χ1) is 14.3. The third kappa shape index (κ3) is 4.56. The first-order valence-corrected chi connectivity index (χ1v) is 11.4. The molecule has 2 fully saturated rings. The molecule has 1 aromatic carbocycles. The van der Waals surface area contributed by atoms with Gasteiger partial charge in [0.1, 0.15) is 18.2 Å². The lowest BCUT2D eigenvalue weighted by molar-refractivity contribution is -0.158. The minimum atomic E-state index is -1.34. The molecule has 0 bridgehead atoms. The van der Waals surface area contributed by atoms with E-state index in [1.807, 2.05) is 18.2 Å². The van der Waals surface area contributed by atoms with Gasteiger partial charge in [-0.2, -0.15) is 0 Å². The number of carboxylic acids is 1. The van der Waals surface area contributed by atoms with Crippen molar-refractivity contribution in [3.05, 3.63) is 45.4 Å². The van der Waals surface area contributed by atoms with Gasteiger partial charge in [-0.25, -0.2) is 9.59 Å². The number of carbonyl (C=O) groups excluding carboxylic acids is 2. The van der Waals surface area contributed by atoms with Crippen LogP contribution in [0.4, 0.5) is 4.79 Å². The normalized spacial score (nSPS) is 23.5. The number of likely N-dealkylation sites (tertiary alicyclic amines) is 2. The number of aliphatic carboxylic acids is 1. The highest BCUT2D eigenvalue weighted by Crippen LogP contribution is 2.36. The second-order valence-electron chi connectivity index (χ2n) is 7.60. The van der Waals surface area contributed by atoms with E-state index in [1.54, 1.807) is 0 Å². The van der Waals surface area contributed by atoms with Crippen molar-refractivity contribution < 1.29 is 24.2 Å². The summed E-state index contributed by atoms with van der Waals surface area (Å²) in [7, 11) is 0. The zero-order valence-electron chi connectivity index (χ0n) is 16.5. The summed E-state index contributed by atoms with van der Waals surface area (Å²) >= 11 is 6.87. The molecule has 2 heterocycles. The van der Waals surface area contributed by atoms with Crippen LogP contribution in [0, 0.1) is 0 Å². The van der Waals surface area contributed by atoms with Gasteiger partial charge in [0.25, 0.3) is 0 Å². The van der Waals surface area contributed by atoms with Crippen LogP contribution < -0.4 is 0 Å². The lowest BCUT2D eigenvalue weighted by Crippen LogP contribution is -2.59. The molecule has 7 nitrogen and oxygen atoms in total. The summed E-state index contributed by atoms with van der Waals surface area (Å²) in [5.74, 6) is -1.35. The highest BCUT2D eigenvalue weighted by atomic mass is 79.9. The van der Waals surface area contributed by atoms with Crippen LogP contribution in [0.25, 0.3) is 0 Å². The van der Waals surface area contributed by atoms with E-state index in [9.17, 15) is 19.5 Å². The fraction of sp³-hybridized carbons (Fsp3) is 0.476. The molecular weight excluding hydrogens is 520 g/mol. The van der Waals surface area contributed by atoms with Gasteiger partial charge in [-0.05, 0) is 49.4 Å². The van der Waals surface area contributed by atoms with Crippen molar-refractivity contribution in [1.29, 1.82) is 0 Å². The second kappa shape index (κ2) is 9.51. The quantitative estimate of drug-likeness (QED) is 0.548. The molecule has 9 heteroatoms. The Bertz CT molecular complexity index is 842. The topological polar surface area (TPSA) is 87.2 Å². The van der Waals surface area contributed by atoms with E-state index in [1.165, 1.54) is 15.9 Å². The van der Waals surface area contributed by atoms with E-state index in [-0.39, 0.29) is 18.9 Å². The van der Waals surface area contributed by atoms with Crippen LogP contribution in [0.2, 0.25) is 0 Å². The standard InChI is InChI=1S/C21H24Br2N2O5/c1-2-9-30-20(29)24-7-3-5-17(24)18(26)25-8-4-6-21(25,19(27)28)13-14-10-15(22)12-16(23)11-14/h2,10-12,17H,1,3-9,13H2,(H,27,28). The smallest absolute Gasteiger partial charge is 0.410 e. The molecule has 2 saturated heterocycles. The van der Waals surface area contributed by atoms with Crippen LogP contribution in [0.3, 0.4) is 0 Å². The minimum Gasteiger partial charge on any atom is -0.479 e. The lowest BCUT2D eigenvalue weighted by Gasteiger charge is -2.38. The number of carbonyl (C=O) groups is 3. The number of benzene rings is 1. The van der Waals surface area contributed by atoms with E-state index in [2.05, 4.69) is 38.4 Å². The van der Waals surface area contributed by atoms with Gasteiger partial charge < -0.3 is 14.7 Å². The van der Waals surface area contributed by atoms with Gasteiger partial charge in [0.2, 0.25) is 5.91 Å². The molecule has 2 aliphatic heterocycles. The Morgan fingerprint density at radius 2 is 1.90 bits per heavy atom. The van der Waals surface area contributed by atoms with E-state index in [4.69, 9.17) is 4.74 Å². The summed E-state index contributed by atoms with van der Waals surface area (Å²) in [4.78, 5) is 41.1. The largest absolute Gasteiger partial charge is 0.479 e. The Balaban J connectivity index is 1.87. The molecule has 0 aliphatic carbocycles. The number of carboxylic acid groups (broad SMARTS) is 1. The molecule has 2 amide bonds. The zero-order valence-corrected chi connectivity index (χ0v) is 19.7. The Hall–Kier alpha value is -1.87. The van der Waals surface area contributed by atoms with Crippen molar-refractivity contribution in [2.75, 3.05) is 19.7 Å². The molecule has 0 aromatic heterocycles. The third-order valence-corrected chi connectivity index (χ3v) is 6.58. The average molecular weight is 544 g/mol. The number of nitrogens with zero attached hydrogens (tertiary/aromatic N) is 2. The molecule has 0 saturated carbocycles. The molecule has 3 rings (SSSR count). The second-order valence-corrected chi connectivity index (χ2v) is 9.43. The van der Waals surface area contributed by atoms with Crippen LogP contribution in [0.1, 0.15) is 31.2 Å². The third-order valence-electron chi connectivity index (χ3n) is 5.67. The van der Waals surface area contributed by atoms with Crippen molar-refractivity contribution in [2.24, 2.45) is 0 Å². The first kappa shape index (κ1) is 22.8. The Morgan fingerprint density at radius 1 is 1.20 bits per heavy atom. The molecule has 1 N–H and O–H groups in total. The molecule has 162 valence electrons. The van der Waals surface area contributed by atoms with Gasteiger partial charge in [-0.1, -0.05) is 44.5 Å². The van der Waals surface area contributed by atoms with E-state index in [0.29, 0.717) is 38.8 Å². The summed E-state index contributed by atoms with van der Waals surface area (Å²) in [6, 6.07) is 4.91. The van der Waals surface area contributed by atoms with E-state index < -0.39 is 23.6 Å². The summed E-state index contributed by atoms with van der Waals surface area (Å²) in [6.45, 7) is 4.36. The molecule has 0 radical (unpaired) electrons. The van der Waals surface area contributed by atoms with Crippen molar-refractivity contribution >= 4 is 49.8 Å². The van der Waals surface area contributed by atoms with Gasteiger partial charge in [0.05, 0.1) is 0 Å². The fourth-order valence-corrected chi connectivity index (χ4v) is 5.76. The average Bonchev–Trinajstić information content (AvgIpc) is 3.32. The van der Waals surface area contributed by atoms with Crippen molar-refractivity contribution in [3.8, 4) is 0 Å². The Morgan fingerprint density at radius 3 is 2.53 bits per heavy atom. The highest BCUT2D eigenvalue weighted by molar-refractivity contribution is 9.11. The molecule has 30 heavy (non-hydrogen) atoms. The number of amides is 2. The number of rotatable bonds is 6. The summed E-state index contributed by atoms with van der Waals surface area (Å²) in [5.41, 5.74) is -0.525. The van der Waals surface area contributed by atoms with Crippen LogP contribution in [0.5, 0.6) is 0 Å².